The monoisotopic (exact) mass is 219 g/mol. The fourth-order valence-corrected chi connectivity index (χ4v) is 1.69. The van der Waals surface area contributed by atoms with E-state index in [1.807, 2.05) is 26.0 Å². The van der Waals surface area contributed by atoms with E-state index in [-0.39, 0.29) is 6.10 Å². The number of nitrogens with zero attached hydrogens (tertiary/aromatic N) is 1. The smallest absolute Gasteiger partial charge is 0.123 e. The number of pyridine rings is 1. The van der Waals surface area contributed by atoms with Gasteiger partial charge in [0, 0.05) is 12.3 Å². The molecule has 0 amide bonds. The van der Waals surface area contributed by atoms with Gasteiger partial charge in [-0.25, -0.2) is 0 Å². The molecule has 0 bridgehead atoms. The molecule has 0 radical (unpaired) electrons. The van der Waals surface area contributed by atoms with Gasteiger partial charge in [0.1, 0.15) is 5.75 Å². The summed E-state index contributed by atoms with van der Waals surface area (Å²) in [5, 5.41) is 0. The van der Waals surface area contributed by atoms with E-state index >= 15 is 0 Å². The Morgan fingerprint density at radius 1 is 1.44 bits per heavy atom. The number of rotatable bonds is 3. The molecule has 3 nitrogen and oxygen atoms in total. The van der Waals surface area contributed by atoms with Gasteiger partial charge in [-0.1, -0.05) is 6.08 Å². The lowest BCUT2D eigenvalue weighted by atomic mass is 10.1. The zero-order valence-electron chi connectivity index (χ0n) is 9.77. The fourth-order valence-electron chi connectivity index (χ4n) is 1.69. The second-order valence-electron chi connectivity index (χ2n) is 4.10. The van der Waals surface area contributed by atoms with Crippen LogP contribution in [0.5, 0.6) is 5.75 Å². The minimum absolute atomic E-state index is 0.193. The molecule has 86 valence electrons. The molecule has 1 aliphatic rings. The van der Waals surface area contributed by atoms with Gasteiger partial charge in [-0.2, -0.15) is 0 Å². The van der Waals surface area contributed by atoms with E-state index in [1.54, 1.807) is 6.20 Å². The first kappa shape index (κ1) is 11.1. The average Bonchev–Trinajstić information content (AvgIpc) is 2.30. The van der Waals surface area contributed by atoms with Crippen molar-refractivity contribution in [2.45, 2.75) is 26.4 Å². The summed E-state index contributed by atoms with van der Waals surface area (Å²) in [4.78, 5) is 4.37. The topological polar surface area (TPSA) is 31.4 Å². The van der Waals surface area contributed by atoms with Crippen LogP contribution in [0.2, 0.25) is 0 Å². The normalized spacial score (nSPS) is 16.1. The molecular formula is C13H17NO2. The molecular weight excluding hydrogens is 202 g/mol. The molecule has 2 rings (SSSR count). The highest BCUT2D eigenvalue weighted by atomic mass is 16.5. The number of ether oxygens (including phenoxy) is 2. The van der Waals surface area contributed by atoms with Gasteiger partial charge in [-0.05, 0) is 31.9 Å². The van der Waals surface area contributed by atoms with Crippen LogP contribution in [0.1, 0.15) is 26.0 Å². The minimum atomic E-state index is 0.193. The lowest BCUT2D eigenvalue weighted by molar-refractivity contribution is 0.161. The SMILES string of the molecule is CC(C)Oc1ccnc(C2=CCOCC2)c1. The lowest BCUT2D eigenvalue weighted by Crippen LogP contribution is -2.07. The van der Waals surface area contributed by atoms with E-state index in [2.05, 4.69) is 11.1 Å². The molecule has 2 heterocycles. The van der Waals surface area contributed by atoms with Gasteiger partial charge >= 0.3 is 0 Å². The Kier molecular flexibility index (Phi) is 3.57. The standard InChI is InChI=1S/C13H17NO2/c1-10(2)16-12-3-6-14-13(9-12)11-4-7-15-8-5-11/h3-4,6,9-10H,5,7-8H2,1-2H3. The molecule has 0 saturated carbocycles. The van der Waals surface area contributed by atoms with Crippen LogP contribution in [0, 0.1) is 0 Å². The Morgan fingerprint density at radius 2 is 2.31 bits per heavy atom. The van der Waals surface area contributed by atoms with Gasteiger partial charge in [0.05, 0.1) is 25.0 Å². The molecule has 0 aromatic carbocycles. The number of hydrogen-bond donors (Lipinski definition) is 0. The first-order valence-electron chi connectivity index (χ1n) is 5.65. The first-order valence-corrected chi connectivity index (χ1v) is 5.65. The highest BCUT2D eigenvalue weighted by Gasteiger charge is 2.08. The molecule has 1 aromatic heterocycles. The summed E-state index contributed by atoms with van der Waals surface area (Å²) in [6.45, 7) is 5.51. The summed E-state index contributed by atoms with van der Waals surface area (Å²) in [7, 11) is 0. The maximum Gasteiger partial charge on any atom is 0.123 e. The summed E-state index contributed by atoms with van der Waals surface area (Å²) >= 11 is 0. The fraction of sp³-hybridized carbons (Fsp3) is 0.462. The van der Waals surface area contributed by atoms with Crippen LogP contribution in [0.25, 0.3) is 5.57 Å². The average molecular weight is 219 g/mol. The molecule has 0 saturated heterocycles. The highest BCUT2D eigenvalue weighted by molar-refractivity contribution is 5.64. The van der Waals surface area contributed by atoms with Crippen LogP contribution in [-0.2, 0) is 4.74 Å². The van der Waals surface area contributed by atoms with Crippen molar-refractivity contribution in [2.75, 3.05) is 13.2 Å². The van der Waals surface area contributed by atoms with Crippen molar-refractivity contribution in [3.63, 3.8) is 0 Å². The van der Waals surface area contributed by atoms with Gasteiger partial charge in [0.25, 0.3) is 0 Å². The van der Waals surface area contributed by atoms with Crippen LogP contribution >= 0.6 is 0 Å². The molecule has 0 unspecified atom stereocenters. The Morgan fingerprint density at radius 3 is 3.00 bits per heavy atom. The zero-order chi connectivity index (χ0) is 11.4. The molecule has 0 aliphatic carbocycles. The van der Waals surface area contributed by atoms with E-state index in [4.69, 9.17) is 9.47 Å². The van der Waals surface area contributed by atoms with E-state index in [1.165, 1.54) is 5.57 Å². The third kappa shape index (κ3) is 2.83. The van der Waals surface area contributed by atoms with Crippen LogP contribution in [0.3, 0.4) is 0 Å². The van der Waals surface area contributed by atoms with Gasteiger partial charge < -0.3 is 9.47 Å². The van der Waals surface area contributed by atoms with Crippen molar-refractivity contribution in [1.29, 1.82) is 0 Å². The molecule has 3 heteroatoms. The molecule has 1 aliphatic heterocycles. The summed E-state index contributed by atoms with van der Waals surface area (Å²) in [6.07, 6.45) is 5.01. The molecule has 0 N–H and O–H groups in total. The Hall–Kier alpha value is -1.35. The van der Waals surface area contributed by atoms with E-state index < -0.39 is 0 Å². The summed E-state index contributed by atoms with van der Waals surface area (Å²) < 4.78 is 10.9. The van der Waals surface area contributed by atoms with Crippen molar-refractivity contribution in [3.05, 3.63) is 30.1 Å². The lowest BCUT2D eigenvalue weighted by Gasteiger charge is -2.14. The summed E-state index contributed by atoms with van der Waals surface area (Å²) in [6, 6.07) is 3.89. The quantitative estimate of drug-likeness (QED) is 0.783. The maximum absolute atomic E-state index is 5.65. The second-order valence-corrected chi connectivity index (χ2v) is 4.10. The van der Waals surface area contributed by atoms with Crippen LogP contribution in [0.15, 0.2) is 24.4 Å². The van der Waals surface area contributed by atoms with Crippen LogP contribution in [0.4, 0.5) is 0 Å². The number of aromatic nitrogens is 1. The van der Waals surface area contributed by atoms with Crippen molar-refractivity contribution in [3.8, 4) is 5.75 Å². The minimum Gasteiger partial charge on any atom is -0.491 e. The van der Waals surface area contributed by atoms with Crippen molar-refractivity contribution in [1.82, 2.24) is 4.98 Å². The third-order valence-electron chi connectivity index (χ3n) is 2.40. The van der Waals surface area contributed by atoms with E-state index in [9.17, 15) is 0 Å². The van der Waals surface area contributed by atoms with Crippen molar-refractivity contribution in [2.24, 2.45) is 0 Å². The first-order chi connectivity index (χ1) is 7.75. The predicted octanol–water partition coefficient (Wildman–Crippen LogP) is 2.67. The van der Waals surface area contributed by atoms with Crippen LogP contribution in [-0.4, -0.2) is 24.3 Å². The number of hydrogen-bond acceptors (Lipinski definition) is 3. The summed E-state index contributed by atoms with van der Waals surface area (Å²) in [5.74, 6) is 0.882. The predicted molar refractivity (Wildman–Crippen MR) is 63.4 cm³/mol. The zero-order valence-corrected chi connectivity index (χ0v) is 9.77. The Bertz CT molecular complexity index is 385. The van der Waals surface area contributed by atoms with E-state index in [0.717, 1.165) is 24.5 Å². The van der Waals surface area contributed by atoms with Crippen LogP contribution < -0.4 is 4.74 Å². The third-order valence-corrected chi connectivity index (χ3v) is 2.40. The molecule has 16 heavy (non-hydrogen) atoms. The Balaban J connectivity index is 2.18. The molecule has 0 atom stereocenters. The van der Waals surface area contributed by atoms with Gasteiger partial charge in [0.2, 0.25) is 0 Å². The van der Waals surface area contributed by atoms with E-state index in [0.29, 0.717) is 6.61 Å². The molecule has 0 spiro atoms. The largest absolute Gasteiger partial charge is 0.491 e. The maximum atomic E-state index is 5.65. The highest BCUT2D eigenvalue weighted by Crippen LogP contribution is 2.22. The molecule has 1 aromatic rings. The van der Waals surface area contributed by atoms with Crippen molar-refractivity contribution >= 4 is 5.57 Å². The van der Waals surface area contributed by atoms with Crippen molar-refractivity contribution < 1.29 is 9.47 Å². The summed E-state index contributed by atoms with van der Waals surface area (Å²) in [5.41, 5.74) is 2.25. The van der Waals surface area contributed by atoms with Gasteiger partial charge in [-0.15, -0.1) is 0 Å². The van der Waals surface area contributed by atoms with Gasteiger partial charge in [0.15, 0.2) is 0 Å². The second kappa shape index (κ2) is 5.12. The van der Waals surface area contributed by atoms with Gasteiger partial charge in [-0.3, -0.25) is 4.98 Å². The molecule has 0 fully saturated rings. The Labute approximate surface area is 96.1 Å².